The van der Waals surface area contributed by atoms with Gasteiger partial charge in [-0.3, -0.25) is 4.57 Å². The fourth-order valence-electron chi connectivity index (χ4n) is 2.20. The van der Waals surface area contributed by atoms with E-state index in [0.29, 0.717) is 5.69 Å². The number of benzene rings is 1. The number of nitrogen functional groups attached to an aromatic ring is 1. The summed E-state index contributed by atoms with van der Waals surface area (Å²) in [5, 5.41) is 0. The van der Waals surface area contributed by atoms with Crippen molar-refractivity contribution in [2.24, 2.45) is 0 Å². The van der Waals surface area contributed by atoms with Crippen LogP contribution in [-0.2, 0) is 0 Å². The number of anilines is 1. The van der Waals surface area contributed by atoms with Crippen molar-refractivity contribution in [1.82, 2.24) is 19.5 Å². The van der Waals surface area contributed by atoms with E-state index in [0.717, 1.165) is 28.7 Å². The summed E-state index contributed by atoms with van der Waals surface area (Å²) in [5.41, 5.74) is 8.45. The van der Waals surface area contributed by atoms with Crippen LogP contribution in [0.25, 0.3) is 17.2 Å². The van der Waals surface area contributed by atoms with Gasteiger partial charge < -0.3 is 5.73 Å². The Labute approximate surface area is 117 Å². The molecule has 0 saturated carbocycles. The molecule has 3 aromatic rings. The van der Waals surface area contributed by atoms with Gasteiger partial charge in [0.1, 0.15) is 17.5 Å². The molecule has 0 aliphatic rings. The van der Waals surface area contributed by atoms with Crippen LogP contribution in [0, 0.1) is 13.8 Å². The van der Waals surface area contributed by atoms with Crippen LogP contribution < -0.4 is 5.73 Å². The van der Waals surface area contributed by atoms with E-state index in [-0.39, 0.29) is 0 Å². The molecule has 0 saturated heterocycles. The third kappa shape index (κ3) is 2.25. The molecule has 100 valence electrons. The van der Waals surface area contributed by atoms with E-state index in [1.54, 1.807) is 6.20 Å². The molecule has 1 aromatic carbocycles. The Morgan fingerprint density at radius 2 is 1.95 bits per heavy atom. The highest BCUT2D eigenvalue weighted by Gasteiger charge is 2.10. The van der Waals surface area contributed by atoms with E-state index in [1.807, 2.05) is 54.9 Å². The largest absolute Gasteiger partial charge is 0.399 e. The summed E-state index contributed by atoms with van der Waals surface area (Å²) >= 11 is 0. The van der Waals surface area contributed by atoms with Gasteiger partial charge in [-0.1, -0.05) is 12.1 Å². The van der Waals surface area contributed by atoms with Gasteiger partial charge in [-0.2, -0.15) is 0 Å². The minimum absolute atomic E-state index is 0.715. The molecule has 0 aliphatic carbocycles. The molecule has 2 N–H and O–H groups in total. The van der Waals surface area contributed by atoms with Gasteiger partial charge >= 0.3 is 0 Å². The van der Waals surface area contributed by atoms with E-state index < -0.39 is 0 Å². The molecule has 2 heterocycles. The van der Waals surface area contributed by atoms with Gasteiger partial charge in [-0.05, 0) is 26.0 Å². The summed E-state index contributed by atoms with van der Waals surface area (Å²) in [7, 11) is 0. The van der Waals surface area contributed by atoms with Crippen molar-refractivity contribution in [1.29, 1.82) is 0 Å². The highest BCUT2D eigenvalue weighted by atomic mass is 15.1. The van der Waals surface area contributed by atoms with Gasteiger partial charge in [0, 0.05) is 35.4 Å². The predicted octanol–water partition coefficient (Wildman–Crippen LogP) is 2.53. The van der Waals surface area contributed by atoms with Crippen molar-refractivity contribution < 1.29 is 0 Å². The number of nitrogens with zero attached hydrogens (tertiary/aromatic N) is 4. The molecule has 2 aromatic heterocycles. The highest BCUT2D eigenvalue weighted by molar-refractivity contribution is 5.63. The fourth-order valence-corrected chi connectivity index (χ4v) is 2.20. The minimum Gasteiger partial charge on any atom is -0.399 e. The molecule has 20 heavy (non-hydrogen) atoms. The molecule has 0 unspecified atom stereocenters. The zero-order chi connectivity index (χ0) is 14.1. The summed E-state index contributed by atoms with van der Waals surface area (Å²) in [4.78, 5) is 13.2. The third-order valence-corrected chi connectivity index (χ3v) is 2.98. The topological polar surface area (TPSA) is 69.6 Å². The van der Waals surface area contributed by atoms with Gasteiger partial charge in [0.05, 0.1) is 0 Å². The Bertz CT molecular complexity index is 740. The predicted molar refractivity (Wildman–Crippen MR) is 78.5 cm³/mol. The van der Waals surface area contributed by atoms with Crippen LogP contribution in [0.1, 0.15) is 11.5 Å². The quantitative estimate of drug-likeness (QED) is 0.723. The Hall–Kier alpha value is -2.69. The van der Waals surface area contributed by atoms with E-state index in [2.05, 4.69) is 15.0 Å². The van der Waals surface area contributed by atoms with Crippen LogP contribution in [0.15, 0.2) is 42.7 Å². The summed E-state index contributed by atoms with van der Waals surface area (Å²) in [5.74, 6) is 2.37. The maximum atomic E-state index is 5.84. The van der Waals surface area contributed by atoms with Crippen molar-refractivity contribution in [3.8, 4) is 17.2 Å². The smallest absolute Gasteiger partial charge is 0.145 e. The van der Waals surface area contributed by atoms with E-state index in [9.17, 15) is 0 Å². The summed E-state index contributed by atoms with van der Waals surface area (Å²) in [6.45, 7) is 3.84. The van der Waals surface area contributed by atoms with Crippen molar-refractivity contribution in [3.05, 3.63) is 54.2 Å². The first-order chi connectivity index (χ1) is 9.63. The molecule has 0 spiro atoms. The number of hydrogen-bond acceptors (Lipinski definition) is 4. The molecule has 0 bridgehead atoms. The molecule has 0 atom stereocenters. The molecular formula is C15H15N5. The molecular weight excluding hydrogens is 250 g/mol. The van der Waals surface area contributed by atoms with Gasteiger partial charge in [-0.15, -0.1) is 0 Å². The van der Waals surface area contributed by atoms with Crippen LogP contribution in [-0.4, -0.2) is 19.5 Å². The zero-order valence-electron chi connectivity index (χ0n) is 11.4. The van der Waals surface area contributed by atoms with Crippen molar-refractivity contribution in [3.63, 3.8) is 0 Å². The molecule has 5 nitrogen and oxygen atoms in total. The lowest BCUT2D eigenvalue weighted by atomic mass is 10.2. The highest BCUT2D eigenvalue weighted by Crippen LogP contribution is 2.22. The average Bonchev–Trinajstić information content (AvgIpc) is 2.86. The number of aromatic nitrogens is 4. The molecule has 0 aliphatic heterocycles. The lowest BCUT2D eigenvalue weighted by molar-refractivity contribution is 0.924. The van der Waals surface area contributed by atoms with Crippen molar-refractivity contribution >= 4 is 5.69 Å². The van der Waals surface area contributed by atoms with Crippen LogP contribution >= 0.6 is 0 Å². The first-order valence-electron chi connectivity index (χ1n) is 6.35. The Kier molecular flexibility index (Phi) is 2.95. The second kappa shape index (κ2) is 4.77. The average molecular weight is 265 g/mol. The van der Waals surface area contributed by atoms with Gasteiger partial charge in [0.25, 0.3) is 0 Å². The third-order valence-electron chi connectivity index (χ3n) is 2.98. The van der Waals surface area contributed by atoms with Crippen LogP contribution in [0.2, 0.25) is 0 Å². The van der Waals surface area contributed by atoms with Crippen molar-refractivity contribution in [2.45, 2.75) is 13.8 Å². The number of rotatable bonds is 2. The van der Waals surface area contributed by atoms with Gasteiger partial charge in [0.15, 0.2) is 0 Å². The van der Waals surface area contributed by atoms with Crippen LogP contribution in [0.5, 0.6) is 0 Å². The molecule has 0 amide bonds. The lowest BCUT2D eigenvalue weighted by Gasteiger charge is -2.09. The summed E-state index contributed by atoms with van der Waals surface area (Å²) < 4.78 is 1.94. The standard InChI is InChI=1S/C15H15N5/c1-10-8-14(19-11(2)18-10)20-7-6-17-15(20)12-4-3-5-13(16)9-12/h3-9H,16H2,1-2H3. The van der Waals surface area contributed by atoms with Gasteiger partial charge in [-0.25, -0.2) is 15.0 Å². The zero-order valence-corrected chi connectivity index (χ0v) is 11.4. The monoisotopic (exact) mass is 265 g/mol. The Morgan fingerprint density at radius 3 is 2.70 bits per heavy atom. The van der Waals surface area contributed by atoms with E-state index in [4.69, 9.17) is 5.73 Å². The Balaban J connectivity index is 2.15. The maximum absolute atomic E-state index is 5.84. The maximum Gasteiger partial charge on any atom is 0.145 e. The molecule has 0 radical (unpaired) electrons. The van der Waals surface area contributed by atoms with Crippen molar-refractivity contribution in [2.75, 3.05) is 5.73 Å². The fraction of sp³-hybridized carbons (Fsp3) is 0.133. The lowest BCUT2D eigenvalue weighted by Crippen LogP contribution is -2.03. The normalized spacial score (nSPS) is 10.7. The van der Waals surface area contributed by atoms with Crippen LogP contribution in [0.3, 0.4) is 0 Å². The van der Waals surface area contributed by atoms with Gasteiger partial charge in [0.2, 0.25) is 0 Å². The summed E-state index contributed by atoms with van der Waals surface area (Å²) in [6, 6.07) is 9.59. The Morgan fingerprint density at radius 1 is 1.10 bits per heavy atom. The number of aryl methyl sites for hydroxylation is 2. The van der Waals surface area contributed by atoms with Crippen LogP contribution in [0.4, 0.5) is 5.69 Å². The number of imidazole rings is 1. The molecule has 0 fully saturated rings. The molecule has 5 heteroatoms. The second-order valence-corrected chi connectivity index (χ2v) is 4.66. The minimum atomic E-state index is 0.715. The van der Waals surface area contributed by atoms with E-state index in [1.165, 1.54) is 0 Å². The first kappa shape index (κ1) is 12.3. The summed E-state index contributed by atoms with van der Waals surface area (Å²) in [6.07, 6.45) is 3.64. The van der Waals surface area contributed by atoms with E-state index >= 15 is 0 Å². The SMILES string of the molecule is Cc1cc(-n2ccnc2-c2cccc(N)c2)nc(C)n1. The first-order valence-corrected chi connectivity index (χ1v) is 6.35. The number of nitrogens with two attached hydrogens (primary N) is 1. The second-order valence-electron chi connectivity index (χ2n) is 4.66. The number of hydrogen-bond donors (Lipinski definition) is 1. The molecule has 3 rings (SSSR count).